The van der Waals surface area contributed by atoms with E-state index in [1.54, 1.807) is 0 Å². The van der Waals surface area contributed by atoms with E-state index in [-0.39, 0.29) is 6.10 Å². The Balaban J connectivity index is 2.70. The van der Waals surface area contributed by atoms with Gasteiger partial charge in [-0.25, -0.2) is 0 Å². The number of benzene rings is 1. The van der Waals surface area contributed by atoms with Gasteiger partial charge in [0.25, 0.3) is 0 Å². The van der Waals surface area contributed by atoms with Crippen molar-refractivity contribution in [3.8, 4) is 5.75 Å². The zero-order chi connectivity index (χ0) is 11.3. The summed E-state index contributed by atoms with van der Waals surface area (Å²) in [6.45, 7) is 6.96. The number of nitrogens with two attached hydrogens (primary N) is 1. The first-order valence-corrected chi connectivity index (χ1v) is 5.63. The van der Waals surface area contributed by atoms with E-state index in [1.807, 2.05) is 12.1 Å². The van der Waals surface area contributed by atoms with Crippen molar-refractivity contribution >= 4 is 0 Å². The normalized spacial score (nSPS) is 12.9. The fourth-order valence-corrected chi connectivity index (χ4v) is 1.47. The Hall–Kier alpha value is -1.02. The molecule has 0 saturated carbocycles. The summed E-state index contributed by atoms with van der Waals surface area (Å²) < 4.78 is 5.84. The quantitative estimate of drug-likeness (QED) is 0.805. The maximum atomic E-state index is 5.84. The van der Waals surface area contributed by atoms with Gasteiger partial charge in [-0.2, -0.15) is 0 Å². The van der Waals surface area contributed by atoms with Crippen molar-refractivity contribution in [1.82, 2.24) is 0 Å². The molecule has 0 bridgehead atoms. The maximum absolute atomic E-state index is 5.84. The Kier molecular flexibility index (Phi) is 4.63. The fourth-order valence-electron chi connectivity index (χ4n) is 1.47. The SMILES string of the molecule is CCc1cccc(OC(CN)C(C)C)c1. The van der Waals surface area contributed by atoms with Crippen molar-refractivity contribution in [2.45, 2.75) is 33.3 Å². The lowest BCUT2D eigenvalue weighted by Gasteiger charge is -2.21. The molecule has 2 heteroatoms. The van der Waals surface area contributed by atoms with Crippen LogP contribution in [0.2, 0.25) is 0 Å². The lowest BCUT2D eigenvalue weighted by Crippen LogP contribution is -2.31. The van der Waals surface area contributed by atoms with Gasteiger partial charge < -0.3 is 10.5 Å². The van der Waals surface area contributed by atoms with Gasteiger partial charge in [0.2, 0.25) is 0 Å². The first kappa shape index (κ1) is 12.1. The second-order valence-electron chi connectivity index (χ2n) is 4.14. The molecule has 1 aromatic rings. The number of ether oxygens (including phenoxy) is 1. The predicted molar refractivity (Wildman–Crippen MR) is 64.1 cm³/mol. The molecular formula is C13H21NO. The van der Waals surface area contributed by atoms with E-state index < -0.39 is 0 Å². The third-order valence-corrected chi connectivity index (χ3v) is 2.57. The molecular weight excluding hydrogens is 186 g/mol. The van der Waals surface area contributed by atoms with Crippen molar-refractivity contribution in [3.05, 3.63) is 29.8 Å². The zero-order valence-corrected chi connectivity index (χ0v) is 9.86. The van der Waals surface area contributed by atoms with E-state index in [0.29, 0.717) is 12.5 Å². The van der Waals surface area contributed by atoms with Gasteiger partial charge in [-0.15, -0.1) is 0 Å². The molecule has 0 aliphatic heterocycles. The summed E-state index contributed by atoms with van der Waals surface area (Å²) in [4.78, 5) is 0. The molecule has 1 unspecified atom stereocenters. The van der Waals surface area contributed by atoms with Crippen molar-refractivity contribution in [3.63, 3.8) is 0 Å². The molecule has 0 heterocycles. The van der Waals surface area contributed by atoms with Crippen molar-refractivity contribution in [1.29, 1.82) is 0 Å². The van der Waals surface area contributed by atoms with Crippen LogP contribution >= 0.6 is 0 Å². The first-order chi connectivity index (χ1) is 7.17. The Morgan fingerprint density at radius 2 is 2.07 bits per heavy atom. The topological polar surface area (TPSA) is 35.2 Å². The van der Waals surface area contributed by atoms with Crippen molar-refractivity contribution < 1.29 is 4.74 Å². The van der Waals surface area contributed by atoms with Crippen molar-refractivity contribution in [2.75, 3.05) is 6.54 Å². The molecule has 84 valence electrons. The van der Waals surface area contributed by atoms with Crippen LogP contribution in [-0.4, -0.2) is 12.6 Å². The molecule has 1 atom stereocenters. The molecule has 0 saturated heterocycles. The van der Waals surface area contributed by atoms with Crippen LogP contribution in [0.1, 0.15) is 26.3 Å². The molecule has 0 aliphatic rings. The minimum atomic E-state index is 0.108. The lowest BCUT2D eigenvalue weighted by atomic mass is 10.1. The Morgan fingerprint density at radius 3 is 2.60 bits per heavy atom. The van der Waals surface area contributed by atoms with Crippen LogP contribution in [0, 0.1) is 5.92 Å². The number of hydrogen-bond donors (Lipinski definition) is 1. The maximum Gasteiger partial charge on any atom is 0.120 e. The molecule has 0 radical (unpaired) electrons. The summed E-state index contributed by atoms with van der Waals surface area (Å²) in [5, 5.41) is 0. The lowest BCUT2D eigenvalue weighted by molar-refractivity contribution is 0.159. The number of hydrogen-bond acceptors (Lipinski definition) is 2. The Labute approximate surface area is 92.4 Å². The van der Waals surface area contributed by atoms with Gasteiger partial charge in [0, 0.05) is 6.54 Å². The average molecular weight is 207 g/mol. The van der Waals surface area contributed by atoms with Crippen LogP contribution < -0.4 is 10.5 Å². The summed E-state index contributed by atoms with van der Waals surface area (Å²) in [6, 6.07) is 8.22. The van der Waals surface area contributed by atoms with Gasteiger partial charge in [-0.05, 0) is 30.0 Å². The standard InChI is InChI=1S/C13H21NO/c1-4-11-6-5-7-12(8-11)15-13(9-14)10(2)3/h5-8,10,13H,4,9,14H2,1-3H3. The van der Waals surface area contributed by atoms with E-state index >= 15 is 0 Å². The van der Waals surface area contributed by atoms with Crippen LogP contribution in [0.25, 0.3) is 0 Å². The third-order valence-electron chi connectivity index (χ3n) is 2.57. The van der Waals surface area contributed by atoms with Crippen LogP contribution in [0.4, 0.5) is 0 Å². The average Bonchev–Trinajstić information content (AvgIpc) is 2.25. The van der Waals surface area contributed by atoms with Gasteiger partial charge in [-0.3, -0.25) is 0 Å². The van der Waals surface area contributed by atoms with E-state index in [9.17, 15) is 0 Å². The zero-order valence-electron chi connectivity index (χ0n) is 9.86. The molecule has 15 heavy (non-hydrogen) atoms. The summed E-state index contributed by atoms with van der Waals surface area (Å²) in [5.74, 6) is 1.37. The van der Waals surface area contributed by atoms with E-state index in [4.69, 9.17) is 10.5 Å². The van der Waals surface area contributed by atoms with E-state index in [0.717, 1.165) is 12.2 Å². The highest BCUT2D eigenvalue weighted by molar-refractivity contribution is 5.28. The molecule has 2 nitrogen and oxygen atoms in total. The van der Waals surface area contributed by atoms with E-state index in [2.05, 4.69) is 32.9 Å². The largest absolute Gasteiger partial charge is 0.489 e. The number of rotatable bonds is 5. The third kappa shape index (κ3) is 3.56. The van der Waals surface area contributed by atoms with E-state index in [1.165, 1.54) is 5.56 Å². The molecule has 0 aliphatic carbocycles. The predicted octanol–water partition coefficient (Wildman–Crippen LogP) is 2.61. The second-order valence-corrected chi connectivity index (χ2v) is 4.14. The highest BCUT2D eigenvalue weighted by Gasteiger charge is 2.12. The van der Waals surface area contributed by atoms with Crippen molar-refractivity contribution in [2.24, 2.45) is 11.7 Å². The molecule has 2 N–H and O–H groups in total. The van der Waals surface area contributed by atoms with Crippen LogP contribution in [0.3, 0.4) is 0 Å². The first-order valence-electron chi connectivity index (χ1n) is 5.63. The molecule has 1 aromatic carbocycles. The Bertz CT molecular complexity index is 296. The monoisotopic (exact) mass is 207 g/mol. The van der Waals surface area contributed by atoms with Gasteiger partial charge >= 0.3 is 0 Å². The second kappa shape index (κ2) is 5.76. The van der Waals surface area contributed by atoms with Gasteiger partial charge in [0.15, 0.2) is 0 Å². The van der Waals surface area contributed by atoms with Gasteiger partial charge in [0.05, 0.1) is 0 Å². The fraction of sp³-hybridized carbons (Fsp3) is 0.538. The smallest absolute Gasteiger partial charge is 0.120 e. The minimum absolute atomic E-state index is 0.108. The molecule has 0 amide bonds. The minimum Gasteiger partial charge on any atom is -0.489 e. The summed E-state index contributed by atoms with van der Waals surface area (Å²) in [5.41, 5.74) is 6.97. The summed E-state index contributed by atoms with van der Waals surface area (Å²) >= 11 is 0. The Morgan fingerprint density at radius 1 is 1.33 bits per heavy atom. The van der Waals surface area contributed by atoms with Crippen LogP contribution in [-0.2, 0) is 6.42 Å². The molecule has 0 aromatic heterocycles. The highest BCUT2D eigenvalue weighted by atomic mass is 16.5. The molecule has 1 rings (SSSR count). The van der Waals surface area contributed by atoms with Crippen LogP contribution in [0.15, 0.2) is 24.3 Å². The molecule has 0 fully saturated rings. The number of aryl methyl sites for hydroxylation is 1. The van der Waals surface area contributed by atoms with Gasteiger partial charge in [0.1, 0.15) is 11.9 Å². The summed E-state index contributed by atoms with van der Waals surface area (Å²) in [7, 11) is 0. The molecule has 0 spiro atoms. The van der Waals surface area contributed by atoms with Gasteiger partial charge in [-0.1, -0.05) is 32.9 Å². The summed E-state index contributed by atoms with van der Waals surface area (Å²) in [6.07, 6.45) is 1.14. The highest BCUT2D eigenvalue weighted by Crippen LogP contribution is 2.17. The van der Waals surface area contributed by atoms with Crippen LogP contribution in [0.5, 0.6) is 5.75 Å².